The lowest BCUT2D eigenvalue weighted by Gasteiger charge is -2.37. The molecule has 2 atom stereocenters. The van der Waals surface area contributed by atoms with Gasteiger partial charge in [0.2, 0.25) is 0 Å². The molecule has 1 N–H and O–H groups in total. The maximum atomic E-state index is 11.6. The lowest BCUT2D eigenvalue weighted by molar-refractivity contribution is 0.206. The first kappa shape index (κ1) is 18.6. The van der Waals surface area contributed by atoms with Gasteiger partial charge in [-0.3, -0.25) is 4.99 Å². The molecule has 6 heteroatoms. The van der Waals surface area contributed by atoms with E-state index in [2.05, 4.69) is 31.0 Å². The normalized spacial score (nSPS) is 28.3. The molecule has 2 aliphatic rings. The highest BCUT2D eigenvalue weighted by Gasteiger charge is 2.28. The highest BCUT2D eigenvalue weighted by Crippen LogP contribution is 2.24. The summed E-state index contributed by atoms with van der Waals surface area (Å²) < 4.78 is 23.2. The van der Waals surface area contributed by atoms with E-state index in [9.17, 15) is 8.42 Å². The summed E-state index contributed by atoms with van der Waals surface area (Å²) in [6.07, 6.45) is 4.35. The van der Waals surface area contributed by atoms with Gasteiger partial charge in [0.15, 0.2) is 15.8 Å². The molecule has 0 saturated carbocycles. The Morgan fingerprint density at radius 3 is 2.74 bits per heavy atom. The molecule has 0 radical (unpaired) electrons. The van der Waals surface area contributed by atoms with E-state index in [0.29, 0.717) is 24.0 Å². The van der Waals surface area contributed by atoms with E-state index < -0.39 is 9.84 Å². The Morgan fingerprint density at radius 2 is 2.13 bits per heavy atom. The Balaban J connectivity index is 1.99. The van der Waals surface area contributed by atoms with Crippen LogP contribution in [0.5, 0.6) is 0 Å². The molecule has 2 aliphatic heterocycles. The summed E-state index contributed by atoms with van der Waals surface area (Å²) >= 11 is 0. The lowest BCUT2D eigenvalue weighted by atomic mass is 9.88. The van der Waals surface area contributed by atoms with Crippen molar-refractivity contribution in [2.75, 3.05) is 37.7 Å². The first-order valence-electron chi connectivity index (χ1n) is 9.15. The van der Waals surface area contributed by atoms with E-state index in [-0.39, 0.29) is 5.92 Å². The van der Waals surface area contributed by atoms with E-state index in [1.165, 1.54) is 12.8 Å². The van der Waals surface area contributed by atoms with Crippen LogP contribution in [0.15, 0.2) is 4.99 Å². The summed E-state index contributed by atoms with van der Waals surface area (Å²) in [4.78, 5) is 7.18. The zero-order valence-corrected chi connectivity index (χ0v) is 15.7. The van der Waals surface area contributed by atoms with Gasteiger partial charge in [-0.1, -0.05) is 20.8 Å². The highest BCUT2D eigenvalue weighted by molar-refractivity contribution is 7.91. The van der Waals surface area contributed by atoms with Crippen LogP contribution in [0.25, 0.3) is 0 Å². The van der Waals surface area contributed by atoms with E-state index in [0.717, 1.165) is 44.4 Å². The van der Waals surface area contributed by atoms with Crippen molar-refractivity contribution in [3.8, 4) is 0 Å². The van der Waals surface area contributed by atoms with E-state index in [1.807, 2.05) is 0 Å². The van der Waals surface area contributed by atoms with Crippen molar-refractivity contribution >= 4 is 15.8 Å². The summed E-state index contributed by atoms with van der Waals surface area (Å²) in [5.41, 5.74) is 0. The molecule has 2 rings (SSSR count). The first-order chi connectivity index (χ1) is 10.9. The van der Waals surface area contributed by atoms with Crippen LogP contribution in [0, 0.1) is 17.8 Å². The third-order valence-electron chi connectivity index (χ3n) is 5.06. The molecule has 0 spiro atoms. The fourth-order valence-electron chi connectivity index (χ4n) is 3.48. The summed E-state index contributed by atoms with van der Waals surface area (Å²) in [7, 11) is -2.81. The molecule has 2 saturated heterocycles. The molecule has 0 bridgehead atoms. The zero-order valence-electron chi connectivity index (χ0n) is 14.9. The monoisotopic (exact) mass is 343 g/mol. The number of hydrogen-bond acceptors (Lipinski definition) is 3. The van der Waals surface area contributed by atoms with Crippen LogP contribution in [-0.2, 0) is 9.84 Å². The Labute approximate surface area is 141 Å². The van der Waals surface area contributed by atoms with Crippen molar-refractivity contribution in [3.63, 3.8) is 0 Å². The van der Waals surface area contributed by atoms with Gasteiger partial charge >= 0.3 is 0 Å². The predicted molar refractivity (Wildman–Crippen MR) is 96.5 cm³/mol. The molecule has 5 nitrogen and oxygen atoms in total. The second-order valence-corrected chi connectivity index (χ2v) is 9.68. The van der Waals surface area contributed by atoms with Crippen molar-refractivity contribution in [2.24, 2.45) is 22.7 Å². The van der Waals surface area contributed by atoms with Crippen molar-refractivity contribution < 1.29 is 8.42 Å². The zero-order chi connectivity index (χ0) is 16.9. The third-order valence-corrected chi connectivity index (χ3v) is 6.90. The smallest absolute Gasteiger partial charge is 0.193 e. The molecule has 0 aromatic heterocycles. The van der Waals surface area contributed by atoms with Gasteiger partial charge in [-0.25, -0.2) is 8.42 Å². The minimum Gasteiger partial charge on any atom is -0.356 e. The number of hydrogen-bond donors (Lipinski definition) is 1. The van der Waals surface area contributed by atoms with Crippen LogP contribution >= 0.6 is 0 Å². The van der Waals surface area contributed by atoms with Gasteiger partial charge in [-0.2, -0.15) is 0 Å². The quantitative estimate of drug-likeness (QED) is 0.614. The number of rotatable bonds is 5. The Morgan fingerprint density at radius 1 is 1.35 bits per heavy atom. The van der Waals surface area contributed by atoms with Gasteiger partial charge in [-0.15, -0.1) is 0 Å². The van der Waals surface area contributed by atoms with E-state index >= 15 is 0 Å². The summed E-state index contributed by atoms with van der Waals surface area (Å²) in [5.74, 6) is 3.26. The minimum atomic E-state index is -2.81. The number of nitrogens with zero attached hydrogens (tertiary/aromatic N) is 2. The standard InChI is InChI=1S/C17H33N3O2S/c1-4-8-18-17(19-11-15-7-10-23(21,22)13-15)20-9-5-6-16(12-20)14(2)3/h14-16H,4-13H2,1-3H3,(H,18,19). The van der Waals surface area contributed by atoms with Gasteiger partial charge in [-0.05, 0) is 43.4 Å². The number of guanidine groups is 1. The average molecular weight is 344 g/mol. The van der Waals surface area contributed by atoms with Crippen LogP contribution in [0.1, 0.15) is 46.5 Å². The molecular weight excluding hydrogens is 310 g/mol. The fourth-order valence-corrected chi connectivity index (χ4v) is 5.33. The molecule has 0 aliphatic carbocycles. The second kappa shape index (κ2) is 8.36. The van der Waals surface area contributed by atoms with Crippen LogP contribution in [0.3, 0.4) is 0 Å². The summed E-state index contributed by atoms with van der Waals surface area (Å²) in [6.45, 7) is 10.4. The van der Waals surface area contributed by atoms with Gasteiger partial charge in [0.25, 0.3) is 0 Å². The molecule has 0 aromatic carbocycles. The summed E-state index contributed by atoms with van der Waals surface area (Å²) in [5, 5.41) is 3.47. The van der Waals surface area contributed by atoms with Gasteiger partial charge < -0.3 is 10.2 Å². The van der Waals surface area contributed by atoms with E-state index in [4.69, 9.17) is 4.99 Å². The SMILES string of the molecule is CCCNC(=NCC1CCS(=O)(=O)C1)N1CCCC(C(C)C)C1. The van der Waals surface area contributed by atoms with Gasteiger partial charge in [0.05, 0.1) is 11.5 Å². The van der Waals surface area contributed by atoms with Crippen LogP contribution in [0.2, 0.25) is 0 Å². The predicted octanol–water partition coefficient (Wildman–Crippen LogP) is 2.14. The number of likely N-dealkylation sites (tertiary alicyclic amines) is 1. The average Bonchev–Trinajstić information content (AvgIpc) is 2.86. The number of aliphatic imine (C=N–C) groups is 1. The van der Waals surface area contributed by atoms with Gasteiger partial charge in [0, 0.05) is 26.2 Å². The molecular formula is C17H33N3O2S. The second-order valence-electron chi connectivity index (χ2n) is 7.45. The molecule has 2 fully saturated rings. The van der Waals surface area contributed by atoms with E-state index in [1.54, 1.807) is 0 Å². The molecule has 23 heavy (non-hydrogen) atoms. The van der Waals surface area contributed by atoms with Crippen LogP contribution in [0.4, 0.5) is 0 Å². The third kappa shape index (κ3) is 5.66. The topological polar surface area (TPSA) is 61.8 Å². The number of nitrogens with one attached hydrogen (secondary N) is 1. The maximum Gasteiger partial charge on any atom is 0.193 e. The highest BCUT2D eigenvalue weighted by atomic mass is 32.2. The molecule has 2 unspecified atom stereocenters. The Kier molecular flexibility index (Phi) is 6.74. The first-order valence-corrected chi connectivity index (χ1v) is 11.0. The van der Waals surface area contributed by atoms with Crippen molar-refractivity contribution in [1.82, 2.24) is 10.2 Å². The molecule has 0 aromatic rings. The largest absolute Gasteiger partial charge is 0.356 e. The maximum absolute atomic E-state index is 11.6. The minimum absolute atomic E-state index is 0.198. The molecule has 0 amide bonds. The number of sulfone groups is 1. The molecule has 2 heterocycles. The fraction of sp³-hybridized carbons (Fsp3) is 0.941. The van der Waals surface area contributed by atoms with Crippen LogP contribution in [-0.4, -0.2) is 57.0 Å². The van der Waals surface area contributed by atoms with Crippen LogP contribution < -0.4 is 5.32 Å². The van der Waals surface area contributed by atoms with Crippen molar-refractivity contribution in [1.29, 1.82) is 0 Å². The molecule has 134 valence electrons. The van der Waals surface area contributed by atoms with Crippen molar-refractivity contribution in [3.05, 3.63) is 0 Å². The lowest BCUT2D eigenvalue weighted by Crippen LogP contribution is -2.48. The Hall–Kier alpha value is -0.780. The van der Waals surface area contributed by atoms with Crippen molar-refractivity contribution in [2.45, 2.75) is 46.5 Å². The Bertz CT molecular complexity index is 502. The number of piperidine rings is 1. The summed E-state index contributed by atoms with van der Waals surface area (Å²) in [6, 6.07) is 0. The van der Waals surface area contributed by atoms with Gasteiger partial charge in [0.1, 0.15) is 0 Å².